The SMILES string of the molecule is CCn1nc(CC(O)(COC)C2CC2)c2ccccc21. The minimum absolute atomic E-state index is 0.355. The van der Waals surface area contributed by atoms with Crippen molar-refractivity contribution in [2.45, 2.75) is 38.3 Å². The molecule has 1 aromatic carbocycles. The van der Waals surface area contributed by atoms with Gasteiger partial charge < -0.3 is 9.84 Å². The third-order valence-electron chi connectivity index (χ3n) is 4.24. The molecule has 1 aliphatic carbocycles. The summed E-state index contributed by atoms with van der Waals surface area (Å²) in [6, 6.07) is 8.23. The van der Waals surface area contributed by atoms with Crippen LogP contribution < -0.4 is 0 Å². The number of aryl methyl sites for hydroxylation is 1. The number of benzene rings is 1. The Labute approximate surface area is 119 Å². The van der Waals surface area contributed by atoms with Crippen molar-refractivity contribution in [1.82, 2.24) is 9.78 Å². The lowest BCUT2D eigenvalue weighted by Crippen LogP contribution is -2.39. The van der Waals surface area contributed by atoms with E-state index >= 15 is 0 Å². The van der Waals surface area contributed by atoms with Gasteiger partial charge in [-0.3, -0.25) is 4.68 Å². The molecule has 0 saturated heterocycles. The summed E-state index contributed by atoms with van der Waals surface area (Å²) in [6.07, 6.45) is 2.75. The van der Waals surface area contributed by atoms with Crippen LogP contribution in [0.4, 0.5) is 0 Å². The van der Waals surface area contributed by atoms with E-state index in [2.05, 4.69) is 24.2 Å². The highest BCUT2D eigenvalue weighted by Crippen LogP contribution is 2.42. The molecule has 1 unspecified atom stereocenters. The fraction of sp³-hybridized carbons (Fsp3) is 0.562. The molecule has 1 aromatic heterocycles. The van der Waals surface area contributed by atoms with Gasteiger partial charge in [0.1, 0.15) is 0 Å². The van der Waals surface area contributed by atoms with Gasteiger partial charge in [0.15, 0.2) is 0 Å². The first kappa shape index (κ1) is 13.6. The number of para-hydroxylation sites is 1. The Balaban J connectivity index is 1.97. The van der Waals surface area contributed by atoms with Gasteiger partial charge in [-0.1, -0.05) is 18.2 Å². The quantitative estimate of drug-likeness (QED) is 0.880. The molecule has 4 heteroatoms. The molecule has 0 aliphatic heterocycles. The minimum Gasteiger partial charge on any atom is -0.387 e. The number of fused-ring (bicyclic) bond motifs is 1. The van der Waals surface area contributed by atoms with E-state index in [1.54, 1.807) is 7.11 Å². The van der Waals surface area contributed by atoms with Gasteiger partial charge in [0, 0.05) is 25.5 Å². The van der Waals surface area contributed by atoms with E-state index in [1.807, 2.05) is 16.8 Å². The summed E-state index contributed by atoms with van der Waals surface area (Å²) in [6.45, 7) is 3.31. The van der Waals surface area contributed by atoms with Crippen LogP contribution in [0.2, 0.25) is 0 Å². The van der Waals surface area contributed by atoms with Crippen LogP contribution >= 0.6 is 0 Å². The summed E-state index contributed by atoms with van der Waals surface area (Å²) in [4.78, 5) is 0. The molecule has 1 fully saturated rings. The number of rotatable bonds is 6. The Morgan fingerprint density at radius 1 is 1.40 bits per heavy atom. The molecule has 20 heavy (non-hydrogen) atoms. The largest absolute Gasteiger partial charge is 0.387 e. The number of methoxy groups -OCH3 is 1. The van der Waals surface area contributed by atoms with Gasteiger partial charge in [0.05, 0.1) is 23.4 Å². The Morgan fingerprint density at radius 2 is 2.15 bits per heavy atom. The molecule has 4 nitrogen and oxygen atoms in total. The van der Waals surface area contributed by atoms with Crippen LogP contribution in [0.1, 0.15) is 25.5 Å². The molecule has 108 valence electrons. The summed E-state index contributed by atoms with van der Waals surface area (Å²) in [5.41, 5.74) is 1.35. The zero-order valence-corrected chi connectivity index (χ0v) is 12.2. The predicted octanol–water partition coefficient (Wildman–Crippen LogP) is 2.39. The lowest BCUT2D eigenvalue weighted by molar-refractivity contribution is -0.0479. The van der Waals surface area contributed by atoms with Crippen LogP contribution in [0.3, 0.4) is 0 Å². The Kier molecular flexibility index (Phi) is 3.52. The molecule has 1 aliphatic rings. The second-order valence-corrected chi connectivity index (χ2v) is 5.77. The first-order chi connectivity index (χ1) is 9.68. The number of hydrogen-bond donors (Lipinski definition) is 1. The third kappa shape index (κ3) is 2.34. The topological polar surface area (TPSA) is 47.3 Å². The highest BCUT2D eigenvalue weighted by Gasteiger charge is 2.44. The zero-order chi connectivity index (χ0) is 14.2. The van der Waals surface area contributed by atoms with Crippen LogP contribution in [0.25, 0.3) is 10.9 Å². The molecule has 0 amide bonds. The average molecular weight is 274 g/mol. The summed E-state index contributed by atoms with van der Waals surface area (Å²) >= 11 is 0. The van der Waals surface area contributed by atoms with Crippen LogP contribution in [0.15, 0.2) is 24.3 Å². The van der Waals surface area contributed by atoms with E-state index in [0.717, 1.165) is 36.0 Å². The Hall–Kier alpha value is -1.39. The maximum absolute atomic E-state index is 10.9. The second-order valence-electron chi connectivity index (χ2n) is 5.77. The van der Waals surface area contributed by atoms with E-state index in [-0.39, 0.29) is 0 Å². The van der Waals surface area contributed by atoms with Crippen molar-refractivity contribution in [3.63, 3.8) is 0 Å². The maximum atomic E-state index is 10.9. The zero-order valence-electron chi connectivity index (χ0n) is 12.2. The van der Waals surface area contributed by atoms with Crippen molar-refractivity contribution in [2.75, 3.05) is 13.7 Å². The van der Waals surface area contributed by atoms with E-state index < -0.39 is 5.60 Å². The fourth-order valence-electron chi connectivity index (χ4n) is 3.04. The van der Waals surface area contributed by atoms with Crippen molar-refractivity contribution in [3.8, 4) is 0 Å². The van der Waals surface area contributed by atoms with Gasteiger partial charge in [0.25, 0.3) is 0 Å². The smallest absolute Gasteiger partial charge is 0.0963 e. The lowest BCUT2D eigenvalue weighted by Gasteiger charge is -2.26. The first-order valence-electron chi connectivity index (χ1n) is 7.33. The summed E-state index contributed by atoms with van der Waals surface area (Å²) < 4.78 is 7.25. The lowest BCUT2D eigenvalue weighted by atomic mass is 9.92. The number of nitrogens with zero attached hydrogens (tertiary/aromatic N) is 2. The van der Waals surface area contributed by atoms with Gasteiger partial charge in [0.2, 0.25) is 0 Å². The fourth-order valence-corrected chi connectivity index (χ4v) is 3.04. The van der Waals surface area contributed by atoms with Gasteiger partial charge in [-0.25, -0.2) is 0 Å². The number of ether oxygens (including phenoxy) is 1. The van der Waals surface area contributed by atoms with E-state index in [1.165, 1.54) is 0 Å². The summed E-state index contributed by atoms with van der Waals surface area (Å²) in [7, 11) is 1.65. The van der Waals surface area contributed by atoms with Gasteiger partial charge in [-0.2, -0.15) is 5.10 Å². The van der Waals surface area contributed by atoms with Crippen molar-refractivity contribution < 1.29 is 9.84 Å². The van der Waals surface area contributed by atoms with Crippen molar-refractivity contribution >= 4 is 10.9 Å². The highest BCUT2D eigenvalue weighted by molar-refractivity contribution is 5.82. The summed E-state index contributed by atoms with van der Waals surface area (Å²) in [5.74, 6) is 0.355. The molecule has 0 radical (unpaired) electrons. The van der Waals surface area contributed by atoms with Crippen molar-refractivity contribution in [3.05, 3.63) is 30.0 Å². The van der Waals surface area contributed by atoms with E-state index in [4.69, 9.17) is 4.74 Å². The molecular formula is C16H22N2O2. The highest BCUT2D eigenvalue weighted by atomic mass is 16.5. The Bertz CT molecular complexity index is 604. The Morgan fingerprint density at radius 3 is 2.80 bits per heavy atom. The van der Waals surface area contributed by atoms with Gasteiger partial charge in [-0.05, 0) is 31.7 Å². The molecule has 2 aromatic rings. The number of aliphatic hydroxyl groups is 1. The molecule has 1 atom stereocenters. The van der Waals surface area contributed by atoms with E-state index in [9.17, 15) is 5.11 Å². The molecule has 1 saturated carbocycles. The average Bonchev–Trinajstić information content (AvgIpc) is 3.25. The third-order valence-corrected chi connectivity index (χ3v) is 4.24. The maximum Gasteiger partial charge on any atom is 0.0963 e. The minimum atomic E-state index is -0.773. The predicted molar refractivity (Wildman–Crippen MR) is 78.7 cm³/mol. The molecule has 1 heterocycles. The van der Waals surface area contributed by atoms with Gasteiger partial charge in [-0.15, -0.1) is 0 Å². The van der Waals surface area contributed by atoms with Crippen LogP contribution in [-0.4, -0.2) is 34.2 Å². The van der Waals surface area contributed by atoms with Crippen LogP contribution in [-0.2, 0) is 17.7 Å². The normalized spacial score (nSPS) is 18.4. The van der Waals surface area contributed by atoms with Crippen molar-refractivity contribution in [1.29, 1.82) is 0 Å². The van der Waals surface area contributed by atoms with Crippen molar-refractivity contribution in [2.24, 2.45) is 5.92 Å². The number of aromatic nitrogens is 2. The standard InChI is InChI=1S/C16H22N2O2/c1-3-18-15-7-5-4-6-13(15)14(17-18)10-16(19,11-20-2)12-8-9-12/h4-7,12,19H,3,8-11H2,1-2H3. The molecule has 1 N–H and O–H groups in total. The molecule has 3 rings (SSSR count). The van der Waals surface area contributed by atoms with Crippen LogP contribution in [0.5, 0.6) is 0 Å². The molecular weight excluding hydrogens is 252 g/mol. The summed E-state index contributed by atoms with van der Waals surface area (Å²) in [5, 5.41) is 16.7. The molecule has 0 spiro atoms. The monoisotopic (exact) mass is 274 g/mol. The number of hydrogen-bond acceptors (Lipinski definition) is 3. The van der Waals surface area contributed by atoms with Gasteiger partial charge >= 0.3 is 0 Å². The first-order valence-corrected chi connectivity index (χ1v) is 7.33. The molecule has 0 bridgehead atoms. The van der Waals surface area contributed by atoms with E-state index in [0.29, 0.717) is 18.9 Å². The van der Waals surface area contributed by atoms with Crippen LogP contribution in [0, 0.1) is 5.92 Å². The second kappa shape index (κ2) is 5.19.